The molecule has 0 aromatic heterocycles. The lowest BCUT2D eigenvalue weighted by Crippen LogP contribution is -2.42. The Morgan fingerprint density at radius 2 is 1.61 bits per heavy atom. The van der Waals surface area contributed by atoms with Crippen molar-refractivity contribution in [1.29, 1.82) is 0 Å². The third-order valence-corrected chi connectivity index (χ3v) is 5.04. The first kappa shape index (κ1) is 14.9. The van der Waals surface area contributed by atoms with Gasteiger partial charge in [-0.2, -0.15) is 0 Å². The van der Waals surface area contributed by atoms with Crippen LogP contribution in [0.1, 0.15) is 32.3 Å². The number of alkyl halides is 1. The monoisotopic (exact) mass is 312 g/mol. The molecule has 1 unspecified atom stereocenters. The molecule has 0 radical (unpaired) electrons. The van der Waals surface area contributed by atoms with Gasteiger partial charge < -0.3 is 4.74 Å². The van der Waals surface area contributed by atoms with E-state index < -0.39 is 4.32 Å². The second kappa shape index (κ2) is 5.65. The minimum absolute atomic E-state index is 0.182. The van der Waals surface area contributed by atoms with E-state index in [9.17, 15) is 9.59 Å². The number of halogens is 1. The molecule has 0 saturated carbocycles. The van der Waals surface area contributed by atoms with Gasteiger partial charge in [0.2, 0.25) is 0 Å². The third kappa shape index (κ3) is 2.64. The molecule has 4 heteroatoms. The summed E-state index contributed by atoms with van der Waals surface area (Å²) in [6.45, 7) is 4.71. The van der Waals surface area contributed by atoms with E-state index in [-0.39, 0.29) is 17.5 Å². The van der Waals surface area contributed by atoms with E-state index >= 15 is 0 Å². The van der Waals surface area contributed by atoms with Crippen LogP contribution in [0.5, 0.6) is 5.75 Å². The standard InChI is InChI=1S/C14H17BrO3/c1-9(14(15,10(2)16)11(3)17)12-5-7-13(18-4)8-6-12/h5-9H,1-4H3. The molecule has 1 rings (SSSR count). The zero-order valence-electron chi connectivity index (χ0n) is 11.0. The summed E-state index contributed by atoms with van der Waals surface area (Å²) in [6, 6.07) is 7.37. The largest absolute Gasteiger partial charge is 0.497 e. The van der Waals surface area contributed by atoms with Gasteiger partial charge in [-0.15, -0.1) is 0 Å². The van der Waals surface area contributed by atoms with Crippen molar-refractivity contribution in [2.75, 3.05) is 7.11 Å². The molecule has 1 aromatic carbocycles. The van der Waals surface area contributed by atoms with Crippen LogP contribution < -0.4 is 4.74 Å². The van der Waals surface area contributed by atoms with Crippen molar-refractivity contribution in [2.24, 2.45) is 0 Å². The van der Waals surface area contributed by atoms with E-state index in [4.69, 9.17) is 4.74 Å². The first-order valence-electron chi connectivity index (χ1n) is 5.69. The van der Waals surface area contributed by atoms with Crippen molar-refractivity contribution in [3.63, 3.8) is 0 Å². The molecule has 0 heterocycles. The number of ketones is 2. The molecule has 0 aliphatic rings. The Kier molecular flexibility index (Phi) is 4.68. The Morgan fingerprint density at radius 1 is 1.17 bits per heavy atom. The van der Waals surface area contributed by atoms with Gasteiger partial charge >= 0.3 is 0 Å². The topological polar surface area (TPSA) is 43.4 Å². The van der Waals surface area contributed by atoms with E-state index in [0.29, 0.717) is 0 Å². The fraction of sp³-hybridized carbons (Fsp3) is 0.429. The normalized spacial score (nSPS) is 12.9. The zero-order chi connectivity index (χ0) is 13.9. The van der Waals surface area contributed by atoms with Crippen molar-refractivity contribution < 1.29 is 14.3 Å². The molecule has 0 fully saturated rings. The molecule has 0 aliphatic carbocycles. The van der Waals surface area contributed by atoms with E-state index in [2.05, 4.69) is 15.9 Å². The molecule has 0 saturated heterocycles. The molecule has 18 heavy (non-hydrogen) atoms. The molecule has 0 bridgehead atoms. The Hall–Kier alpha value is -1.16. The predicted molar refractivity (Wildman–Crippen MR) is 74.4 cm³/mol. The van der Waals surface area contributed by atoms with E-state index in [1.54, 1.807) is 7.11 Å². The Balaban J connectivity index is 3.14. The molecule has 1 aromatic rings. The van der Waals surface area contributed by atoms with Crippen molar-refractivity contribution in [1.82, 2.24) is 0 Å². The molecule has 0 N–H and O–H groups in total. The third-order valence-electron chi connectivity index (χ3n) is 3.24. The van der Waals surface area contributed by atoms with Gasteiger partial charge in [-0.05, 0) is 31.5 Å². The number of benzene rings is 1. The molecule has 0 amide bonds. The van der Waals surface area contributed by atoms with Gasteiger partial charge in [0.05, 0.1) is 7.11 Å². The lowest BCUT2D eigenvalue weighted by atomic mass is 9.82. The summed E-state index contributed by atoms with van der Waals surface area (Å²) in [5.74, 6) is 0.145. The lowest BCUT2D eigenvalue weighted by molar-refractivity contribution is -0.128. The van der Waals surface area contributed by atoms with E-state index in [1.807, 2.05) is 31.2 Å². The maximum atomic E-state index is 11.8. The van der Waals surface area contributed by atoms with Crippen LogP contribution in [0.2, 0.25) is 0 Å². The van der Waals surface area contributed by atoms with Gasteiger partial charge in [-0.25, -0.2) is 0 Å². The SMILES string of the molecule is COc1ccc(C(C)C(Br)(C(C)=O)C(C)=O)cc1. The number of ether oxygens (including phenoxy) is 1. The van der Waals surface area contributed by atoms with E-state index in [1.165, 1.54) is 13.8 Å². The molecule has 3 nitrogen and oxygen atoms in total. The number of carbonyl (C=O) groups is 2. The van der Waals surface area contributed by atoms with Crippen LogP contribution in [-0.4, -0.2) is 23.0 Å². The average Bonchev–Trinajstić information content (AvgIpc) is 2.36. The minimum atomic E-state index is -1.15. The van der Waals surface area contributed by atoms with E-state index in [0.717, 1.165) is 11.3 Å². The Labute approximate surface area is 116 Å². The van der Waals surface area contributed by atoms with Crippen LogP contribution in [0.25, 0.3) is 0 Å². The average molecular weight is 313 g/mol. The second-order valence-corrected chi connectivity index (χ2v) is 5.57. The maximum Gasteiger partial charge on any atom is 0.154 e. The summed E-state index contributed by atoms with van der Waals surface area (Å²) in [5, 5.41) is 0. The van der Waals surface area contributed by atoms with Crippen LogP contribution in [-0.2, 0) is 9.59 Å². The second-order valence-electron chi connectivity index (χ2n) is 4.32. The molecule has 98 valence electrons. The molecular weight excluding hydrogens is 296 g/mol. The van der Waals surface area contributed by atoms with Gasteiger partial charge in [-0.3, -0.25) is 9.59 Å². The van der Waals surface area contributed by atoms with Gasteiger partial charge in [0, 0.05) is 5.92 Å². The van der Waals surface area contributed by atoms with Crippen LogP contribution in [0.4, 0.5) is 0 Å². The van der Waals surface area contributed by atoms with Gasteiger partial charge in [0.15, 0.2) is 11.6 Å². The van der Waals surface area contributed by atoms with Gasteiger partial charge in [0.1, 0.15) is 10.1 Å². The quantitative estimate of drug-likeness (QED) is 0.620. The number of hydrogen-bond donors (Lipinski definition) is 0. The van der Waals surface area contributed by atoms with Gasteiger partial charge in [0.25, 0.3) is 0 Å². The van der Waals surface area contributed by atoms with Crippen LogP contribution >= 0.6 is 15.9 Å². The number of hydrogen-bond acceptors (Lipinski definition) is 3. The summed E-state index contributed by atoms with van der Waals surface area (Å²) in [5.41, 5.74) is 0.915. The lowest BCUT2D eigenvalue weighted by Gasteiger charge is -2.29. The highest BCUT2D eigenvalue weighted by Gasteiger charge is 2.43. The van der Waals surface area contributed by atoms with Crippen LogP contribution in [0.3, 0.4) is 0 Å². The molecule has 0 aliphatic heterocycles. The summed E-state index contributed by atoms with van der Waals surface area (Å²) >= 11 is 3.32. The fourth-order valence-corrected chi connectivity index (χ4v) is 2.24. The first-order valence-corrected chi connectivity index (χ1v) is 6.48. The Morgan fingerprint density at radius 3 is 1.94 bits per heavy atom. The van der Waals surface area contributed by atoms with Gasteiger partial charge in [-0.1, -0.05) is 35.0 Å². The summed E-state index contributed by atoms with van der Waals surface area (Å²) < 4.78 is 3.93. The number of rotatable bonds is 5. The maximum absolute atomic E-state index is 11.8. The Bertz CT molecular complexity index is 437. The summed E-state index contributed by atoms with van der Waals surface area (Å²) in [4.78, 5) is 23.5. The molecule has 1 atom stereocenters. The highest BCUT2D eigenvalue weighted by atomic mass is 79.9. The molecule has 0 spiro atoms. The summed E-state index contributed by atoms with van der Waals surface area (Å²) in [6.07, 6.45) is 0. The molecular formula is C14H17BrO3. The van der Waals surface area contributed by atoms with Crippen molar-refractivity contribution >= 4 is 27.5 Å². The number of methoxy groups -OCH3 is 1. The first-order chi connectivity index (χ1) is 8.33. The zero-order valence-corrected chi connectivity index (χ0v) is 12.6. The van der Waals surface area contributed by atoms with Crippen molar-refractivity contribution in [3.05, 3.63) is 29.8 Å². The highest BCUT2D eigenvalue weighted by molar-refractivity contribution is 9.10. The van der Waals surface area contributed by atoms with Crippen LogP contribution in [0.15, 0.2) is 24.3 Å². The number of carbonyl (C=O) groups excluding carboxylic acids is 2. The van der Waals surface area contributed by atoms with Crippen LogP contribution in [0, 0.1) is 0 Å². The summed E-state index contributed by atoms with van der Waals surface area (Å²) in [7, 11) is 1.60. The fourth-order valence-electron chi connectivity index (χ4n) is 1.98. The minimum Gasteiger partial charge on any atom is -0.497 e. The predicted octanol–water partition coefficient (Wildman–Crippen LogP) is 3.11. The van der Waals surface area contributed by atoms with Crippen molar-refractivity contribution in [3.8, 4) is 5.75 Å². The van der Waals surface area contributed by atoms with Crippen molar-refractivity contribution in [2.45, 2.75) is 31.0 Å². The smallest absolute Gasteiger partial charge is 0.154 e. The highest BCUT2D eigenvalue weighted by Crippen LogP contribution is 2.37. The number of Topliss-reactive ketones (excluding diaryl/α,β-unsaturated/α-hetero) is 2.